The number of nitrogens with one attached hydrogen (secondary N) is 1. The Labute approximate surface area is 107 Å². The molecule has 1 aromatic carbocycles. The molecule has 0 saturated carbocycles. The van der Waals surface area contributed by atoms with E-state index in [4.69, 9.17) is 0 Å². The molecule has 0 radical (unpaired) electrons. The van der Waals surface area contributed by atoms with Gasteiger partial charge < -0.3 is 5.32 Å². The second kappa shape index (κ2) is 5.17. The van der Waals surface area contributed by atoms with Gasteiger partial charge in [-0.1, -0.05) is 23.8 Å². The van der Waals surface area contributed by atoms with Gasteiger partial charge in [-0.2, -0.15) is 4.39 Å². The molecule has 1 heterocycles. The molecule has 0 aliphatic heterocycles. The zero-order valence-corrected chi connectivity index (χ0v) is 10.9. The Bertz CT molecular complexity index is 535. The number of hydrogen-bond acceptors (Lipinski definition) is 2. The minimum atomic E-state index is -0.458. The van der Waals surface area contributed by atoms with Crippen LogP contribution in [0.4, 0.5) is 10.1 Å². The number of anilines is 1. The van der Waals surface area contributed by atoms with Crippen molar-refractivity contribution in [1.82, 2.24) is 4.98 Å². The van der Waals surface area contributed by atoms with Crippen LogP contribution >= 0.6 is 0 Å². The number of rotatable bonds is 3. The van der Waals surface area contributed by atoms with Gasteiger partial charge >= 0.3 is 0 Å². The van der Waals surface area contributed by atoms with Gasteiger partial charge in [-0.05, 0) is 44.0 Å². The number of pyridine rings is 1. The molecule has 1 aromatic heterocycles. The molecule has 2 nitrogen and oxygen atoms in total. The molecule has 94 valence electrons. The summed E-state index contributed by atoms with van der Waals surface area (Å²) in [6, 6.07) is 9.61. The second-order valence-corrected chi connectivity index (χ2v) is 4.60. The van der Waals surface area contributed by atoms with Gasteiger partial charge in [-0.25, -0.2) is 4.98 Å². The lowest BCUT2D eigenvalue weighted by Crippen LogP contribution is -2.08. The predicted molar refractivity (Wildman–Crippen MR) is 72.1 cm³/mol. The molecular formula is C15H17FN2. The first kappa shape index (κ1) is 12.6. The Kier molecular flexibility index (Phi) is 3.60. The Morgan fingerprint density at radius 1 is 1.17 bits per heavy atom. The van der Waals surface area contributed by atoms with Gasteiger partial charge in [-0.15, -0.1) is 0 Å². The normalized spacial score (nSPS) is 12.2. The van der Waals surface area contributed by atoms with E-state index in [1.165, 1.54) is 29.0 Å². The average Bonchev–Trinajstić information content (AvgIpc) is 2.35. The quantitative estimate of drug-likeness (QED) is 0.825. The minimum Gasteiger partial charge on any atom is -0.377 e. The summed E-state index contributed by atoms with van der Waals surface area (Å²) in [6.07, 6.45) is 1.51. The minimum absolute atomic E-state index is 0.164. The molecule has 3 heteroatoms. The first-order chi connectivity index (χ1) is 8.56. The van der Waals surface area contributed by atoms with Crippen molar-refractivity contribution in [3.63, 3.8) is 0 Å². The summed E-state index contributed by atoms with van der Waals surface area (Å²) in [7, 11) is 0. The SMILES string of the molecule is Cc1ccc(C)c(C(C)Nc2ccc(F)nc2)c1. The van der Waals surface area contributed by atoms with Gasteiger partial charge in [0.15, 0.2) is 0 Å². The van der Waals surface area contributed by atoms with Gasteiger partial charge in [0.25, 0.3) is 0 Å². The van der Waals surface area contributed by atoms with Crippen molar-refractivity contribution in [2.45, 2.75) is 26.8 Å². The van der Waals surface area contributed by atoms with Crippen LogP contribution in [0.15, 0.2) is 36.5 Å². The van der Waals surface area contributed by atoms with Crippen LogP contribution in [-0.2, 0) is 0 Å². The molecule has 1 N–H and O–H groups in total. The van der Waals surface area contributed by atoms with Gasteiger partial charge in [0, 0.05) is 6.04 Å². The van der Waals surface area contributed by atoms with Crippen molar-refractivity contribution in [2.75, 3.05) is 5.32 Å². The topological polar surface area (TPSA) is 24.9 Å². The molecule has 1 atom stereocenters. The fourth-order valence-electron chi connectivity index (χ4n) is 2.02. The summed E-state index contributed by atoms with van der Waals surface area (Å²) in [4.78, 5) is 3.64. The molecule has 2 aromatic rings. The molecule has 18 heavy (non-hydrogen) atoms. The van der Waals surface area contributed by atoms with E-state index in [2.05, 4.69) is 49.3 Å². The van der Waals surface area contributed by atoms with Crippen molar-refractivity contribution in [3.8, 4) is 0 Å². The van der Waals surface area contributed by atoms with Gasteiger partial charge in [0.05, 0.1) is 11.9 Å². The van der Waals surface area contributed by atoms with Crippen molar-refractivity contribution < 1.29 is 4.39 Å². The first-order valence-electron chi connectivity index (χ1n) is 6.01. The van der Waals surface area contributed by atoms with Crippen molar-refractivity contribution >= 4 is 5.69 Å². The fourth-order valence-corrected chi connectivity index (χ4v) is 2.02. The Balaban J connectivity index is 2.18. The average molecular weight is 244 g/mol. The van der Waals surface area contributed by atoms with Gasteiger partial charge in [0.2, 0.25) is 5.95 Å². The van der Waals surface area contributed by atoms with Crippen LogP contribution in [0.5, 0.6) is 0 Å². The molecule has 0 aliphatic rings. The number of halogens is 1. The largest absolute Gasteiger partial charge is 0.377 e. The van der Waals surface area contributed by atoms with E-state index < -0.39 is 5.95 Å². The van der Waals surface area contributed by atoms with E-state index in [9.17, 15) is 4.39 Å². The maximum atomic E-state index is 12.7. The van der Waals surface area contributed by atoms with Crippen LogP contribution in [0.25, 0.3) is 0 Å². The highest BCUT2D eigenvalue weighted by Crippen LogP contribution is 2.22. The maximum Gasteiger partial charge on any atom is 0.212 e. The van der Waals surface area contributed by atoms with Crippen molar-refractivity contribution in [2.24, 2.45) is 0 Å². The van der Waals surface area contributed by atoms with Crippen LogP contribution in [-0.4, -0.2) is 4.98 Å². The van der Waals surface area contributed by atoms with E-state index in [1.807, 2.05) is 0 Å². The van der Waals surface area contributed by atoms with Crippen LogP contribution in [0.1, 0.15) is 29.7 Å². The number of hydrogen-bond donors (Lipinski definition) is 1. The molecule has 0 saturated heterocycles. The summed E-state index contributed by atoms with van der Waals surface area (Å²) >= 11 is 0. The van der Waals surface area contributed by atoms with Crippen LogP contribution in [0.2, 0.25) is 0 Å². The standard InChI is InChI=1S/C15H17FN2/c1-10-4-5-11(2)14(8-10)12(3)18-13-6-7-15(16)17-9-13/h4-9,12,18H,1-3H3. The lowest BCUT2D eigenvalue weighted by molar-refractivity contribution is 0.584. The van der Waals surface area contributed by atoms with E-state index >= 15 is 0 Å². The van der Waals surface area contributed by atoms with Crippen LogP contribution < -0.4 is 5.32 Å². The molecule has 0 aliphatic carbocycles. The summed E-state index contributed by atoms with van der Waals surface area (Å²) in [6.45, 7) is 6.26. The van der Waals surface area contributed by atoms with E-state index in [-0.39, 0.29) is 6.04 Å². The molecule has 0 fully saturated rings. The number of aromatic nitrogens is 1. The second-order valence-electron chi connectivity index (χ2n) is 4.60. The highest BCUT2D eigenvalue weighted by Gasteiger charge is 2.08. The smallest absolute Gasteiger partial charge is 0.212 e. The summed E-state index contributed by atoms with van der Waals surface area (Å²) < 4.78 is 12.7. The fraction of sp³-hybridized carbons (Fsp3) is 0.267. The monoisotopic (exact) mass is 244 g/mol. The zero-order valence-electron chi connectivity index (χ0n) is 10.9. The third-order valence-electron chi connectivity index (χ3n) is 3.01. The van der Waals surface area contributed by atoms with Crippen LogP contribution in [0.3, 0.4) is 0 Å². The lowest BCUT2D eigenvalue weighted by atomic mass is 10.00. The number of nitrogens with zero attached hydrogens (tertiary/aromatic N) is 1. The lowest BCUT2D eigenvalue weighted by Gasteiger charge is -2.18. The Hall–Kier alpha value is -1.90. The van der Waals surface area contributed by atoms with Gasteiger partial charge in [0.1, 0.15) is 0 Å². The molecule has 0 bridgehead atoms. The van der Waals surface area contributed by atoms with Gasteiger partial charge in [-0.3, -0.25) is 0 Å². The summed E-state index contributed by atoms with van der Waals surface area (Å²) in [5, 5.41) is 3.32. The Morgan fingerprint density at radius 3 is 2.61 bits per heavy atom. The summed E-state index contributed by atoms with van der Waals surface area (Å²) in [5.41, 5.74) is 4.56. The zero-order chi connectivity index (χ0) is 13.1. The molecule has 0 spiro atoms. The molecule has 0 amide bonds. The van der Waals surface area contributed by atoms with E-state index in [1.54, 1.807) is 6.07 Å². The highest BCUT2D eigenvalue weighted by molar-refractivity contribution is 5.44. The van der Waals surface area contributed by atoms with Crippen molar-refractivity contribution in [1.29, 1.82) is 0 Å². The molecule has 1 unspecified atom stereocenters. The third kappa shape index (κ3) is 2.86. The highest BCUT2D eigenvalue weighted by atomic mass is 19.1. The summed E-state index contributed by atoms with van der Waals surface area (Å²) in [5.74, 6) is -0.458. The predicted octanol–water partition coefficient (Wildman–Crippen LogP) is 4.01. The maximum absolute atomic E-state index is 12.7. The Morgan fingerprint density at radius 2 is 1.94 bits per heavy atom. The third-order valence-corrected chi connectivity index (χ3v) is 3.01. The van der Waals surface area contributed by atoms with E-state index in [0.29, 0.717) is 0 Å². The number of aryl methyl sites for hydroxylation is 2. The van der Waals surface area contributed by atoms with Crippen molar-refractivity contribution in [3.05, 3.63) is 59.2 Å². The first-order valence-corrected chi connectivity index (χ1v) is 6.01. The number of benzene rings is 1. The molecule has 2 rings (SSSR count). The van der Waals surface area contributed by atoms with Crippen LogP contribution in [0, 0.1) is 19.8 Å². The van der Waals surface area contributed by atoms with E-state index in [0.717, 1.165) is 5.69 Å². The molecular weight excluding hydrogens is 227 g/mol.